The van der Waals surface area contributed by atoms with Crippen molar-refractivity contribution in [2.24, 2.45) is 0 Å². The molecule has 3 aromatic heterocycles. The minimum absolute atomic E-state index is 0.105. The zero-order chi connectivity index (χ0) is 26.2. The van der Waals surface area contributed by atoms with Crippen LogP contribution < -0.4 is 10.9 Å². The second kappa shape index (κ2) is 9.41. The number of oxazole rings is 1. The van der Waals surface area contributed by atoms with Crippen LogP contribution in [0.5, 0.6) is 0 Å². The third kappa shape index (κ3) is 4.75. The monoisotopic (exact) mass is 507 g/mol. The molecule has 0 aliphatic rings. The van der Waals surface area contributed by atoms with Gasteiger partial charge in [-0.05, 0) is 55.8 Å². The van der Waals surface area contributed by atoms with Crippen molar-refractivity contribution in [3.63, 3.8) is 0 Å². The lowest BCUT2D eigenvalue weighted by molar-refractivity contribution is -0.137. The molecule has 0 bridgehead atoms. The van der Waals surface area contributed by atoms with E-state index >= 15 is 0 Å². The van der Waals surface area contributed by atoms with Gasteiger partial charge in [0.15, 0.2) is 17.9 Å². The van der Waals surface area contributed by atoms with Crippen LogP contribution in [0.15, 0.2) is 81.1 Å². The van der Waals surface area contributed by atoms with E-state index in [0.29, 0.717) is 34.7 Å². The highest BCUT2D eigenvalue weighted by Crippen LogP contribution is 2.36. The van der Waals surface area contributed by atoms with Crippen LogP contribution in [-0.2, 0) is 6.18 Å². The third-order valence-electron chi connectivity index (χ3n) is 5.62. The van der Waals surface area contributed by atoms with Crippen LogP contribution in [-0.4, -0.2) is 26.5 Å². The van der Waals surface area contributed by atoms with Crippen LogP contribution in [0.2, 0.25) is 0 Å². The molecule has 0 atom stereocenters. The van der Waals surface area contributed by atoms with E-state index in [2.05, 4.69) is 20.6 Å². The van der Waals surface area contributed by atoms with Crippen molar-refractivity contribution in [1.29, 1.82) is 0 Å². The van der Waals surface area contributed by atoms with E-state index in [9.17, 15) is 18.0 Å². The maximum atomic E-state index is 14.1. The fraction of sp³-hybridized carbons (Fsp3) is 0.154. The Kier molecular flexibility index (Phi) is 6.12. The van der Waals surface area contributed by atoms with Gasteiger partial charge in [0.25, 0.3) is 5.56 Å². The highest BCUT2D eigenvalue weighted by atomic mass is 19.4. The average molecular weight is 507 g/mol. The third-order valence-corrected chi connectivity index (χ3v) is 5.62. The van der Waals surface area contributed by atoms with Gasteiger partial charge in [-0.1, -0.05) is 11.2 Å². The summed E-state index contributed by atoms with van der Waals surface area (Å²) in [5.74, 6) is 0.769. The summed E-state index contributed by atoms with van der Waals surface area (Å²) >= 11 is 0. The predicted octanol–water partition coefficient (Wildman–Crippen LogP) is 5.97. The van der Waals surface area contributed by atoms with Gasteiger partial charge in [0.05, 0.1) is 29.3 Å². The number of halogens is 3. The maximum Gasteiger partial charge on any atom is 0.418 e. The van der Waals surface area contributed by atoms with E-state index in [1.165, 1.54) is 36.9 Å². The van der Waals surface area contributed by atoms with Crippen molar-refractivity contribution in [3.8, 4) is 39.6 Å². The highest BCUT2D eigenvalue weighted by molar-refractivity contribution is 5.72. The molecule has 3 heterocycles. The molecule has 2 aromatic carbocycles. The van der Waals surface area contributed by atoms with Gasteiger partial charge in [-0.2, -0.15) is 23.0 Å². The SMILES string of the molecule is CCNc1cc(-c2cc(C)cc(-c3cnco3)c2)nn(-c2cc(-c3ccno3)ccc2C(F)(F)F)c1=O. The number of hydrogen-bond donors (Lipinski definition) is 1. The molecule has 0 saturated heterocycles. The molecule has 37 heavy (non-hydrogen) atoms. The second-order valence-electron chi connectivity index (χ2n) is 8.25. The van der Waals surface area contributed by atoms with Gasteiger partial charge in [0.2, 0.25) is 0 Å². The number of rotatable bonds is 6. The van der Waals surface area contributed by atoms with E-state index in [1.54, 1.807) is 19.2 Å². The minimum Gasteiger partial charge on any atom is -0.444 e. The van der Waals surface area contributed by atoms with Crippen LogP contribution in [0, 0.1) is 6.92 Å². The first kappa shape index (κ1) is 24.0. The summed E-state index contributed by atoms with van der Waals surface area (Å²) in [5, 5.41) is 10.9. The summed E-state index contributed by atoms with van der Waals surface area (Å²) in [7, 11) is 0. The Morgan fingerprint density at radius 3 is 2.49 bits per heavy atom. The summed E-state index contributed by atoms with van der Waals surface area (Å²) in [6.07, 6.45) is -0.501. The smallest absolute Gasteiger partial charge is 0.418 e. The number of hydrogen-bond acceptors (Lipinski definition) is 7. The van der Waals surface area contributed by atoms with E-state index in [-0.39, 0.29) is 11.4 Å². The Bertz CT molecular complexity index is 1610. The standard InChI is InChI=1S/C26H20F3N5O3/c1-3-31-21-12-20(17-8-15(2)9-18(10-17)24-13-30-14-36-24)33-34(25(21)35)22-11-16(23-6-7-32-37-23)4-5-19(22)26(27,28)29/h4-14,31H,3H2,1-2H3. The van der Waals surface area contributed by atoms with Gasteiger partial charge in [0, 0.05) is 29.3 Å². The van der Waals surface area contributed by atoms with Crippen LogP contribution in [0.4, 0.5) is 18.9 Å². The van der Waals surface area contributed by atoms with Gasteiger partial charge >= 0.3 is 6.18 Å². The molecule has 0 spiro atoms. The number of aromatic nitrogens is 4. The average Bonchev–Trinajstić information content (AvgIpc) is 3.59. The van der Waals surface area contributed by atoms with E-state index in [4.69, 9.17) is 8.94 Å². The number of nitrogens with zero attached hydrogens (tertiary/aromatic N) is 4. The molecule has 0 saturated carbocycles. The summed E-state index contributed by atoms with van der Waals surface area (Å²) in [5.41, 5.74) is 0.678. The van der Waals surface area contributed by atoms with Crippen molar-refractivity contribution in [2.75, 3.05) is 11.9 Å². The van der Waals surface area contributed by atoms with E-state index in [1.807, 2.05) is 19.1 Å². The zero-order valence-electron chi connectivity index (χ0n) is 19.7. The van der Waals surface area contributed by atoms with Crippen LogP contribution in [0.3, 0.4) is 0 Å². The van der Waals surface area contributed by atoms with Gasteiger partial charge in [-0.15, -0.1) is 0 Å². The molecule has 1 N–H and O–H groups in total. The fourth-order valence-electron chi connectivity index (χ4n) is 4.01. The van der Waals surface area contributed by atoms with Crippen molar-refractivity contribution < 1.29 is 22.1 Å². The zero-order valence-corrected chi connectivity index (χ0v) is 19.7. The van der Waals surface area contributed by atoms with E-state index in [0.717, 1.165) is 16.3 Å². The first-order valence-electron chi connectivity index (χ1n) is 11.3. The molecule has 5 aromatic rings. The molecule has 11 heteroatoms. The normalized spacial score (nSPS) is 11.6. The largest absolute Gasteiger partial charge is 0.444 e. The van der Waals surface area contributed by atoms with Gasteiger partial charge in [0.1, 0.15) is 5.69 Å². The number of benzene rings is 2. The maximum absolute atomic E-state index is 14.1. The lowest BCUT2D eigenvalue weighted by atomic mass is 10.0. The second-order valence-corrected chi connectivity index (χ2v) is 8.25. The predicted molar refractivity (Wildman–Crippen MR) is 130 cm³/mol. The molecule has 0 amide bonds. The molecular weight excluding hydrogens is 487 g/mol. The quantitative estimate of drug-likeness (QED) is 0.302. The number of anilines is 1. The molecule has 0 fully saturated rings. The summed E-state index contributed by atoms with van der Waals surface area (Å²) in [4.78, 5) is 17.3. The topological polar surface area (TPSA) is 99.0 Å². The first-order chi connectivity index (χ1) is 17.7. The lowest BCUT2D eigenvalue weighted by Crippen LogP contribution is -2.27. The molecule has 0 aliphatic heterocycles. The van der Waals surface area contributed by atoms with Gasteiger partial charge in [-0.3, -0.25) is 4.79 Å². The Morgan fingerprint density at radius 2 is 1.81 bits per heavy atom. The Labute approximate surface area is 208 Å². The van der Waals surface area contributed by atoms with Gasteiger partial charge in [-0.25, -0.2) is 4.98 Å². The van der Waals surface area contributed by atoms with Crippen LogP contribution in [0.25, 0.3) is 39.6 Å². The molecule has 188 valence electrons. The van der Waals surface area contributed by atoms with Crippen molar-refractivity contribution in [3.05, 3.63) is 88.8 Å². The first-order valence-corrected chi connectivity index (χ1v) is 11.3. The van der Waals surface area contributed by atoms with E-state index < -0.39 is 23.0 Å². The van der Waals surface area contributed by atoms with Crippen molar-refractivity contribution >= 4 is 5.69 Å². The van der Waals surface area contributed by atoms with Crippen molar-refractivity contribution in [1.82, 2.24) is 19.9 Å². The number of aryl methyl sites for hydroxylation is 1. The number of nitrogens with one attached hydrogen (secondary N) is 1. The van der Waals surface area contributed by atoms with Crippen LogP contribution >= 0.6 is 0 Å². The molecular formula is C26H20F3N5O3. The summed E-state index contributed by atoms with van der Waals surface area (Å²) < 4.78 is 53.5. The minimum atomic E-state index is -4.74. The molecule has 0 aliphatic carbocycles. The van der Waals surface area contributed by atoms with Crippen LogP contribution in [0.1, 0.15) is 18.1 Å². The molecule has 0 radical (unpaired) electrons. The lowest BCUT2D eigenvalue weighted by Gasteiger charge is -2.17. The molecule has 0 unspecified atom stereocenters. The summed E-state index contributed by atoms with van der Waals surface area (Å²) in [6, 6.07) is 11.9. The molecule has 5 rings (SSSR count). The highest BCUT2D eigenvalue weighted by Gasteiger charge is 2.35. The Morgan fingerprint density at radius 1 is 1.00 bits per heavy atom. The van der Waals surface area contributed by atoms with Gasteiger partial charge < -0.3 is 14.3 Å². The fourth-order valence-corrected chi connectivity index (χ4v) is 4.01. The molecule has 8 nitrogen and oxygen atoms in total. The Balaban J connectivity index is 1.76. The summed E-state index contributed by atoms with van der Waals surface area (Å²) in [6.45, 7) is 4.03. The van der Waals surface area contributed by atoms with Crippen molar-refractivity contribution in [2.45, 2.75) is 20.0 Å². The number of alkyl halides is 3. The Hall–Kier alpha value is -4.67.